The second kappa shape index (κ2) is 12.4. The van der Waals surface area contributed by atoms with Crippen LogP contribution in [0.2, 0.25) is 0 Å². The van der Waals surface area contributed by atoms with Crippen molar-refractivity contribution in [1.29, 1.82) is 0 Å². The summed E-state index contributed by atoms with van der Waals surface area (Å²) in [6, 6.07) is 16.8. The largest absolute Gasteiger partial charge is 0.497 e. The van der Waals surface area contributed by atoms with E-state index in [1.807, 2.05) is 0 Å². The van der Waals surface area contributed by atoms with E-state index in [-0.39, 0.29) is 29.5 Å². The molecule has 210 valence electrons. The van der Waals surface area contributed by atoms with E-state index in [1.165, 1.54) is 44.6 Å². The summed E-state index contributed by atoms with van der Waals surface area (Å²) >= 11 is 0. The van der Waals surface area contributed by atoms with Crippen LogP contribution in [0.5, 0.6) is 23.0 Å². The SMILES string of the molecule is COc1ccc(NC(=O)N(Cc2ccc(OC)c(OS(=O)(=O)c3ccc(F)cc3)c2)Cc2ccco2)c(OC)c1. The lowest BCUT2D eigenvalue weighted by atomic mass is 10.2. The molecule has 0 spiro atoms. The van der Waals surface area contributed by atoms with Crippen LogP contribution in [0.1, 0.15) is 11.3 Å². The first-order chi connectivity index (χ1) is 19.2. The summed E-state index contributed by atoms with van der Waals surface area (Å²) in [6.45, 7) is 0.148. The van der Waals surface area contributed by atoms with Crippen molar-refractivity contribution in [3.8, 4) is 23.0 Å². The molecule has 0 aliphatic rings. The van der Waals surface area contributed by atoms with Crippen LogP contribution < -0.4 is 23.7 Å². The molecule has 0 aliphatic carbocycles. The van der Waals surface area contributed by atoms with Gasteiger partial charge in [-0.2, -0.15) is 8.42 Å². The zero-order valence-corrected chi connectivity index (χ0v) is 22.7. The quantitative estimate of drug-likeness (QED) is 0.237. The molecule has 0 radical (unpaired) electrons. The van der Waals surface area contributed by atoms with E-state index in [2.05, 4.69) is 5.32 Å². The van der Waals surface area contributed by atoms with Crippen molar-refractivity contribution in [3.05, 3.63) is 96.2 Å². The first kappa shape index (κ1) is 28.3. The maximum absolute atomic E-state index is 13.4. The van der Waals surface area contributed by atoms with E-state index in [0.717, 1.165) is 24.3 Å². The van der Waals surface area contributed by atoms with Crippen molar-refractivity contribution in [2.24, 2.45) is 0 Å². The molecule has 0 unspecified atom stereocenters. The van der Waals surface area contributed by atoms with Crippen LogP contribution in [0.3, 0.4) is 0 Å². The van der Waals surface area contributed by atoms with Crippen molar-refractivity contribution in [3.63, 3.8) is 0 Å². The Bertz CT molecular complexity index is 1560. The minimum absolute atomic E-state index is 0.0436. The monoisotopic (exact) mass is 570 g/mol. The molecule has 1 N–H and O–H groups in total. The minimum Gasteiger partial charge on any atom is -0.497 e. The summed E-state index contributed by atoms with van der Waals surface area (Å²) in [6.07, 6.45) is 1.50. The second-order valence-electron chi connectivity index (χ2n) is 8.41. The van der Waals surface area contributed by atoms with Crippen LogP contribution in [-0.2, 0) is 23.2 Å². The minimum atomic E-state index is -4.30. The highest BCUT2D eigenvalue weighted by Gasteiger charge is 2.22. The van der Waals surface area contributed by atoms with Crippen LogP contribution in [0.4, 0.5) is 14.9 Å². The molecule has 2 amide bonds. The number of hydrogen-bond donors (Lipinski definition) is 1. The first-order valence-corrected chi connectivity index (χ1v) is 13.3. The van der Waals surface area contributed by atoms with E-state index in [0.29, 0.717) is 28.5 Å². The molecule has 40 heavy (non-hydrogen) atoms. The standard InChI is InChI=1S/C28H27FN2O8S/c1-35-21-9-12-24(26(16-21)37-3)30-28(32)31(18-22-5-4-14-38-22)17-19-6-13-25(36-2)27(15-19)39-40(33,34)23-10-7-20(29)8-11-23/h4-16H,17-18H2,1-3H3,(H,30,32). The number of methoxy groups -OCH3 is 3. The van der Waals surface area contributed by atoms with E-state index in [4.69, 9.17) is 22.8 Å². The number of halogens is 1. The molecule has 0 saturated heterocycles. The molecule has 1 heterocycles. The molecule has 0 aliphatic heterocycles. The molecule has 1 aromatic heterocycles. The number of nitrogens with zero attached hydrogens (tertiary/aromatic N) is 1. The van der Waals surface area contributed by atoms with Gasteiger partial charge in [0.1, 0.15) is 28.0 Å². The van der Waals surface area contributed by atoms with Crippen molar-refractivity contribution in [2.45, 2.75) is 18.0 Å². The Morgan fingerprint density at radius 1 is 0.875 bits per heavy atom. The van der Waals surface area contributed by atoms with E-state index >= 15 is 0 Å². The zero-order valence-electron chi connectivity index (χ0n) is 21.9. The molecule has 12 heteroatoms. The molecule has 0 fully saturated rings. The number of amides is 2. The van der Waals surface area contributed by atoms with Crippen LogP contribution >= 0.6 is 0 Å². The fourth-order valence-electron chi connectivity index (χ4n) is 3.76. The number of urea groups is 1. The zero-order chi connectivity index (χ0) is 28.7. The Kier molecular flexibility index (Phi) is 8.80. The van der Waals surface area contributed by atoms with Gasteiger partial charge < -0.3 is 33.0 Å². The number of nitrogens with one attached hydrogen (secondary N) is 1. The molecule has 4 rings (SSSR count). The van der Waals surface area contributed by atoms with Crippen molar-refractivity contribution < 1.29 is 40.4 Å². The summed E-state index contributed by atoms with van der Waals surface area (Å²) in [7, 11) is 0.0680. The highest BCUT2D eigenvalue weighted by molar-refractivity contribution is 7.87. The van der Waals surface area contributed by atoms with Gasteiger partial charge in [0, 0.05) is 12.6 Å². The average molecular weight is 571 g/mol. The third kappa shape index (κ3) is 6.83. The molecule has 10 nitrogen and oxygen atoms in total. The lowest BCUT2D eigenvalue weighted by Crippen LogP contribution is -2.34. The molecular formula is C28H27FN2O8S. The summed E-state index contributed by atoms with van der Waals surface area (Å²) in [5.74, 6) is 0.959. The van der Waals surface area contributed by atoms with Gasteiger partial charge in [-0.25, -0.2) is 9.18 Å². The third-order valence-corrected chi connectivity index (χ3v) is 7.02. The maximum Gasteiger partial charge on any atom is 0.339 e. The number of benzene rings is 3. The molecule has 3 aromatic carbocycles. The van der Waals surface area contributed by atoms with Gasteiger partial charge in [0.15, 0.2) is 11.5 Å². The van der Waals surface area contributed by atoms with Gasteiger partial charge in [-0.1, -0.05) is 6.07 Å². The highest BCUT2D eigenvalue weighted by Crippen LogP contribution is 2.32. The number of carbonyl (C=O) groups excluding carboxylic acids is 1. The predicted molar refractivity (Wildman–Crippen MR) is 144 cm³/mol. The van der Waals surface area contributed by atoms with Crippen molar-refractivity contribution in [2.75, 3.05) is 26.6 Å². The van der Waals surface area contributed by atoms with Gasteiger partial charge in [-0.15, -0.1) is 0 Å². The number of rotatable bonds is 11. The number of hydrogen-bond acceptors (Lipinski definition) is 8. The second-order valence-corrected chi connectivity index (χ2v) is 9.95. The van der Waals surface area contributed by atoms with Crippen LogP contribution in [0.25, 0.3) is 0 Å². The number of anilines is 1. The van der Waals surface area contributed by atoms with Crippen molar-refractivity contribution >= 4 is 21.8 Å². The van der Waals surface area contributed by atoms with Crippen LogP contribution in [0, 0.1) is 5.82 Å². The van der Waals surface area contributed by atoms with Crippen LogP contribution in [0.15, 0.2) is 88.4 Å². The smallest absolute Gasteiger partial charge is 0.339 e. The van der Waals surface area contributed by atoms with E-state index in [1.54, 1.807) is 36.4 Å². The topological polar surface area (TPSA) is 117 Å². The number of carbonyl (C=O) groups is 1. The van der Waals surface area contributed by atoms with Crippen molar-refractivity contribution in [1.82, 2.24) is 4.90 Å². The molecule has 0 bridgehead atoms. The van der Waals surface area contributed by atoms with Crippen LogP contribution in [-0.4, -0.2) is 40.7 Å². The highest BCUT2D eigenvalue weighted by atomic mass is 32.2. The fraction of sp³-hybridized carbons (Fsp3) is 0.179. The van der Waals surface area contributed by atoms with Gasteiger partial charge in [0.25, 0.3) is 0 Å². The lowest BCUT2D eigenvalue weighted by Gasteiger charge is -2.23. The fourth-order valence-corrected chi connectivity index (χ4v) is 4.69. The Hall–Kier alpha value is -4.71. The van der Waals surface area contributed by atoms with Gasteiger partial charge in [-0.05, 0) is 66.2 Å². The summed E-state index contributed by atoms with van der Waals surface area (Å²) in [5, 5.41) is 2.83. The Labute approximate surface area is 231 Å². The average Bonchev–Trinajstić information content (AvgIpc) is 3.46. The molecular weight excluding hydrogens is 543 g/mol. The normalized spacial score (nSPS) is 11.0. The Balaban J connectivity index is 1.61. The predicted octanol–water partition coefficient (Wildman–Crippen LogP) is 5.45. The van der Waals surface area contributed by atoms with Gasteiger partial charge >= 0.3 is 16.1 Å². The van der Waals surface area contributed by atoms with E-state index in [9.17, 15) is 17.6 Å². The summed E-state index contributed by atoms with van der Waals surface area (Å²) in [5.41, 5.74) is 0.954. The third-order valence-electron chi connectivity index (χ3n) is 5.77. The molecule has 4 aromatic rings. The van der Waals surface area contributed by atoms with Gasteiger partial charge in [0.05, 0.1) is 39.8 Å². The number of furan rings is 1. The summed E-state index contributed by atoms with van der Waals surface area (Å²) < 4.78 is 65.6. The van der Waals surface area contributed by atoms with Gasteiger partial charge in [-0.3, -0.25) is 0 Å². The maximum atomic E-state index is 13.4. The molecule has 0 saturated carbocycles. The van der Waals surface area contributed by atoms with Gasteiger partial charge in [0.2, 0.25) is 0 Å². The number of ether oxygens (including phenoxy) is 3. The molecule has 0 atom stereocenters. The van der Waals surface area contributed by atoms with E-state index < -0.39 is 22.0 Å². The Morgan fingerprint density at radius 2 is 1.62 bits per heavy atom. The first-order valence-electron chi connectivity index (χ1n) is 11.9. The summed E-state index contributed by atoms with van der Waals surface area (Å²) in [4.78, 5) is 14.7. The lowest BCUT2D eigenvalue weighted by molar-refractivity contribution is 0.201. The Morgan fingerprint density at radius 3 is 2.27 bits per heavy atom.